The number of furan rings is 1. The fraction of sp³-hybridized carbons (Fsp3) is 0.273. The summed E-state index contributed by atoms with van der Waals surface area (Å²) < 4.78 is 5.78. The van der Waals surface area contributed by atoms with Crippen molar-refractivity contribution in [2.24, 2.45) is 0 Å². The van der Waals surface area contributed by atoms with E-state index in [1.807, 2.05) is 36.4 Å². The van der Waals surface area contributed by atoms with Crippen molar-refractivity contribution in [1.29, 1.82) is 0 Å². The Kier molecular flexibility index (Phi) is 6.39. The van der Waals surface area contributed by atoms with E-state index in [4.69, 9.17) is 4.42 Å². The van der Waals surface area contributed by atoms with Crippen molar-refractivity contribution in [2.45, 2.75) is 39.5 Å². The first-order valence-electron chi connectivity index (χ1n) is 9.15. The largest absolute Gasteiger partial charge is 0.455 e. The van der Waals surface area contributed by atoms with Gasteiger partial charge in [0.2, 0.25) is 0 Å². The maximum absolute atomic E-state index is 12.3. The molecule has 0 bridgehead atoms. The highest BCUT2D eigenvalue weighted by Crippen LogP contribution is 2.16. The van der Waals surface area contributed by atoms with Crippen molar-refractivity contribution in [3.8, 4) is 0 Å². The number of amides is 1. The SMILES string of the molecule is CC(C)N(Cc1ccccc1)Cc1ccc(C(=O)NCc2cccnc2)o1. The average molecular weight is 363 g/mol. The van der Waals surface area contributed by atoms with E-state index in [0.717, 1.165) is 17.9 Å². The first-order valence-corrected chi connectivity index (χ1v) is 9.15. The zero-order valence-electron chi connectivity index (χ0n) is 15.8. The zero-order chi connectivity index (χ0) is 19.1. The van der Waals surface area contributed by atoms with E-state index >= 15 is 0 Å². The molecule has 140 valence electrons. The molecule has 0 atom stereocenters. The lowest BCUT2D eigenvalue weighted by atomic mass is 10.2. The summed E-state index contributed by atoms with van der Waals surface area (Å²) in [6.07, 6.45) is 3.44. The minimum atomic E-state index is -0.218. The molecule has 1 aromatic carbocycles. The number of nitrogens with one attached hydrogen (secondary N) is 1. The number of carbonyl (C=O) groups excluding carboxylic acids is 1. The smallest absolute Gasteiger partial charge is 0.287 e. The monoisotopic (exact) mass is 363 g/mol. The van der Waals surface area contributed by atoms with E-state index in [-0.39, 0.29) is 5.91 Å². The van der Waals surface area contributed by atoms with Gasteiger partial charge in [0.05, 0.1) is 6.54 Å². The summed E-state index contributed by atoms with van der Waals surface area (Å²) in [5.74, 6) is 0.896. The molecule has 0 saturated carbocycles. The molecule has 0 fully saturated rings. The van der Waals surface area contributed by atoms with Gasteiger partial charge in [0.15, 0.2) is 5.76 Å². The van der Waals surface area contributed by atoms with Crippen molar-refractivity contribution in [3.63, 3.8) is 0 Å². The van der Waals surface area contributed by atoms with E-state index in [1.54, 1.807) is 18.5 Å². The summed E-state index contributed by atoms with van der Waals surface area (Å²) in [6.45, 7) is 6.24. The zero-order valence-corrected chi connectivity index (χ0v) is 15.8. The van der Waals surface area contributed by atoms with E-state index in [1.165, 1.54) is 5.56 Å². The molecule has 3 rings (SSSR count). The number of carbonyl (C=O) groups is 1. The third kappa shape index (κ3) is 5.53. The predicted octanol–water partition coefficient (Wildman–Crippen LogP) is 4.02. The Morgan fingerprint density at radius 1 is 1.04 bits per heavy atom. The second-order valence-electron chi connectivity index (χ2n) is 6.79. The molecule has 3 aromatic rings. The number of nitrogens with zero attached hydrogens (tertiary/aromatic N) is 2. The van der Waals surface area contributed by atoms with Crippen molar-refractivity contribution in [2.75, 3.05) is 0 Å². The second kappa shape index (κ2) is 9.14. The molecule has 0 unspecified atom stereocenters. The van der Waals surface area contributed by atoms with Crippen molar-refractivity contribution < 1.29 is 9.21 Å². The molecule has 0 aliphatic heterocycles. The quantitative estimate of drug-likeness (QED) is 0.657. The molecule has 2 heterocycles. The molecule has 0 radical (unpaired) electrons. The van der Waals surface area contributed by atoms with Gasteiger partial charge in [0.1, 0.15) is 5.76 Å². The van der Waals surface area contributed by atoms with E-state index in [2.05, 4.69) is 41.2 Å². The summed E-state index contributed by atoms with van der Waals surface area (Å²) in [7, 11) is 0. The minimum absolute atomic E-state index is 0.218. The summed E-state index contributed by atoms with van der Waals surface area (Å²) in [5, 5.41) is 2.86. The summed E-state index contributed by atoms with van der Waals surface area (Å²) in [6, 6.07) is 18.1. The Hall–Kier alpha value is -2.92. The minimum Gasteiger partial charge on any atom is -0.455 e. The van der Waals surface area contributed by atoms with E-state index in [9.17, 15) is 4.79 Å². The van der Waals surface area contributed by atoms with Crippen LogP contribution in [0.3, 0.4) is 0 Å². The van der Waals surface area contributed by atoms with Crippen LogP contribution in [0, 0.1) is 0 Å². The maximum Gasteiger partial charge on any atom is 0.287 e. The summed E-state index contributed by atoms with van der Waals surface area (Å²) in [5.41, 5.74) is 2.21. The topological polar surface area (TPSA) is 58.4 Å². The highest BCUT2D eigenvalue weighted by Gasteiger charge is 2.16. The number of pyridine rings is 1. The molecular weight excluding hydrogens is 338 g/mol. The Labute approximate surface area is 160 Å². The van der Waals surface area contributed by atoms with Gasteiger partial charge in [0.25, 0.3) is 5.91 Å². The second-order valence-corrected chi connectivity index (χ2v) is 6.79. The van der Waals surface area contributed by atoms with Gasteiger partial charge in [-0.15, -0.1) is 0 Å². The molecule has 0 saturated heterocycles. The first-order chi connectivity index (χ1) is 13.1. The molecule has 0 aliphatic rings. The summed E-state index contributed by atoms with van der Waals surface area (Å²) in [4.78, 5) is 18.7. The van der Waals surface area contributed by atoms with Gasteiger partial charge in [-0.2, -0.15) is 0 Å². The van der Waals surface area contributed by atoms with Crippen LogP contribution in [0.1, 0.15) is 41.3 Å². The molecule has 0 spiro atoms. The summed E-state index contributed by atoms with van der Waals surface area (Å²) >= 11 is 0. The van der Waals surface area contributed by atoms with Gasteiger partial charge in [-0.05, 0) is 43.2 Å². The lowest BCUT2D eigenvalue weighted by Gasteiger charge is -2.25. The highest BCUT2D eigenvalue weighted by molar-refractivity contribution is 5.91. The van der Waals surface area contributed by atoms with Crippen LogP contribution < -0.4 is 5.32 Å². The van der Waals surface area contributed by atoms with Crippen LogP contribution in [0.4, 0.5) is 0 Å². The van der Waals surface area contributed by atoms with Crippen molar-refractivity contribution in [3.05, 3.63) is 89.6 Å². The maximum atomic E-state index is 12.3. The number of aromatic nitrogens is 1. The molecule has 1 amide bonds. The lowest BCUT2D eigenvalue weighted by molar-refractivity contribution is 0.0917. The van der Waals surface area contributed by atoms with Gasteiger partial charge in [-0.3, -0.25) is 14.7 Å². The van der Waals surface area contributed by atoms with E-state index < -0.39 is 0 Å². The lowest BCUT2D eigenvalue weighted by Crippen LogP contribution is -2.29. The van der Waals surface area contributed by atoms with Crippen LogP contribution in [0.25, 0.3) is 0 Å². The standard InChI is InChI=1S/C22H25N3O2/c1-17(2)25(15-18-7-4-3-5-8-18)16-20-10-11-21(27-20)22(26)24-14-19-9-6-12-23-13-19/h3-13,17H,14-16H2,1-2H3,(H,24,26). The van der Waals surface area contributed by atoms with Crippen molar-refractivity contribution >= 4 is 5.91 Å². The highest BCUT2D eigenvalue weighted by atomic mass is 16.4. The van der Waals surface area contributed by atoms with Gasteiger partial charge >= 0.3 is 0 Å². The van der Waals surface area contributed by atoms with Crippen LogP contribution in [-0.2, 0) is 19.6 Å². The number of rotatable bonds is 8. The number of hydrogen-bond donors (Lipinski definition) is 1. The number of benzene rings is 1. The molecule has 1 N–H and O–H groups in total. The molecule has 0 aliphatic carbocycles. The Bertz CT molecular complexity index is 844. The van der Waals surface area contributed by atoms with Crippen molar-refractivity contribution in [1.82, 2.24) is 15.2 Å². The molecule has 2 aromatic heterocycles. The molecule has 27 heavy (non-hydrogen) atoms. The molecule has 5 heteroatoms. The van der Waals surface area contributed by atoms with Crippen LogP contribution in [0.15, 0.2) is 71.4 Å². The third-order valence-electron chi connectivity index (χ3n) is 4.38. The Balaban J connectivity index is 1.59. The molecule has 5 nitrogen and oxygen atoms in total. The van der Waals surface area contributed by atoms with Crippen LogP contribution in [0.5, 0.6) is 0 Å². The van der Waals surface area contributed by atoms with Gasteiger partial charge < -0.3 is 9.73 Å². The molecular formula is C22H25N3O2. The van der Waals surface area contributed by atoms with Gasteiger partial charge in [-0.25, -0.2) is 0 Å². The van der Waals surface area contributed by atoms with Gasteiger partial charge in [-0.1, -0.05) is 36.4 Å². The predicted molar refractivity (Wildman–Crippen MR) is 105 cm³/mol. The fourth-order valence-corrected chi connectivity index (χ4v) is 2.80. The third-order valence-corrected chi connectivity index (χ3v) is 4.38. The van der Waals surface area contributed by atoms with Crippen LogP contribution in [-0.4, -0.2) is 21.8 Å². The van der Waals surface area contributed by atoms with Crippen LogP contribution >= 0.6 is 0 Å². The van der Waals surface area contributed by atoms with Crippen LogP contribution in [0.2, 0.25) is 0 Å². The van der Waals surface area contributed by atoms with Gasteiger partial charge in [0, 0.05) is 31.5 Å². The number of hydrogen-bond acceptors (Lipinski definition) is 4. The fourth-order valence-electron chi connectivity index (χ4n) is 2.80. The Morgan fingerprint density at radius 2 is 1.81 bits per heavy atom. The first kappa shape index (κ1) is 18.9. The average Bonchev–Trinajstić information content (AvgIpc) is 3.16. The van der Waals surface area contributed by atoms with E-state index in [0.29, 0.717) is 24.9 Å². The normalized spacial score (nSPS) is 11.1. The Morgan fingerprint density at radius 3 is 2.52 bits per heavy atom.